The molecule has 0 radical (unpaired) electrons. The molecule has 0 bridgehead atoms. The van der Waals surface area contributed by atoms with Gasteiger partial charge in [0.15, 0.2) is 0 Å². The van der Waals surface area contributed by atoms with E-state index in [9.17, 15) is 9.18 Å². The summed E-state index contributed by atoms with van der Waals surface area (Å²) in [5, 5.41) is 12.1. The van der Waals surface area contributed by atoms with E-state index >= 15 is 0 Å². The Kier molecular flexibility index (Phi) is 5.66. The van der Waals surface area contributed by atoms with Crippen LogP contribution in [0, 0.1) is 17.1 Å². The van der Waals surface area contributed by atoms with E-state index in [0.717, 1.165) is 12.0 Å². The fourth-order valence-electron chi connectivity index (χ4n) is 1.79. The Morgan fingerprint density at radius 2 is 2.25 bits per heavy atom. The summed E-state index contributed by atoms with van der Waals surface area (Å²) in [5.74, 6) is -0.803. The minimum atomic E-state index is -0.524. The van der Waals surface area contributed by atoms with Gasteiger partial charge < -0.3 is 10.1 Å². The Hall–Kier alpha value is -1.93. The molecule has 0 aromatic heterocycles. The van der Waals surface area contributed by atoms with Crippen molar-refractivity contribution in [2.45, 2.75) is 38.8 Å². The minimum Gasteiger partial charge on any atom is -0.469 e. The second-order valence-electron chi connectivity index (χ2n) is 4.95. The van der Waals surface area contributed by atoms with Crippen LogP contribution in [0.2, 0.25) is 0 Å². The highest BCUT2D eigenvalue weighted by Crippen LogP contribution is 2.17. The van der Waals surface area contributed by atoms with Gasteiger partial charge in [0, 0.05) is 12.1 Å². The monoisotopic (exact) mass is 278 g/mol. The molecule has 0 saturated heterocycles. The van der Waals surface area contributed by atoms with Gasteiger partial charge in [0.2, 0.25) is 0 Å². The summed E-state index contributed by atoms with van der Waals surface area (Å²) in [6.07, 6.45) is 1.00. The lowest BCUT2D eigenvalue weighted by atomic mass is 9.94. The van der Waals surface area contributed by atoms with Gasteiger partial charge in [-0.25, -0.2) is 4.39 Å². The van der Waals surface area contributed by atoms with Crippen LogP contribution >= 0.6 is 0 Å². The van der Waals surface area contributed by atoms with E-state index < -0.39 is 11.4 Å². The first-order valence-electron chi connectivity index (χ1n) is 6.44. The predicted octanol–water partition coefficient (Wildman–Crippen LogP) is 2.52. The van der Waals surface area contributed by atoms with Gasteiger partial charge >= 0.3 is 5.97 Å². The van der Waals surface area contributed by atoms with Gasteiger partial charge in [0.05, 0.1) is 19.1 Å². The van der Waals surface area contributed by atoms with Gasteiger partial charge in [-0.2, -0.15) is 5.26 Å². The molecule has 1 aromatic carbocycles. The molecule has 20 heavy (non-hydrogen) atoms. The SMILES string of the molecule is CC[C@@](C)(CC(=O)OC)NCc1ccc(F)c(C#N)c1. The van der Waals surface area contributed by atoms with E-state index in [1.165, 1.54) is 19.2 Å². The van der Waals surface area contributed by atoms with E-state index in [-0.39, 0.29) is 18.0 Å². The molecule has 0 aliphatic rings. The van der Waals surface area contributed by atoms with Gasteiger partial charge in [-0.3, -0.25) is 4.79 Å². The maximum Gasteiger partial charge on any atom is 0.307 e. The third kappa shape index (κ3) is 4.32. The lowest BCUT2D eigenvalue weighted by Gasteiger charge is -2.28. The summed E-state index contributed by atoms with van der Waals surface area (Å²) in [5.41, 5.74) is 0.428. The minimum absolute atomic E-state index is 0.0236. The maximum atomic E-state index is 13.2. The number of nitrogens with zero attached hydrogens (tertiary/aromatic N) is 1. The Balaban J connectivity index is 2.74. The van der Waals surface area contributed by atoms with E-state index in [1.807, 2.05) is 19.9 Å². The number of carbonyl (C=O) groups excluding carboxylic acids is 1. The molecule has 1 rings (SSSR count). The van der Waals surface area contributed by atoms with Crippen LogP contribution in [0.5, 0.6) is 0 Å². The first-order valence-corrected chi connectivity index (χ1v) is 6.44. The Morgan fingerprint density at radius 3 is 2.80 bits per heavy atom. The second kappa shape index (κ2) is 7.01. The van der Waals surface area contributed by atoms with Crippen molar-refractivity contribution in [3.8, 4) is 6.07 Å². The van der Waals surface area contributed by atoms with Crippen LogP contribution in [0.4, 0.5) is 4.39 Å². The number of methoxy groups -OCH3 is 1. The zero-order valence-corrected chi connectivity index (χ0v) is 12.0. The molecular weight excluding hydrogens is 259 g/mol. The third-order valence-electron chi connectivity index (χ3n) is 3.41. The summed E-state index contributed by atoms with van der Waals surface area (Å²) in [4.78, 5) is 11.4. The van der Waals surface area contributed by atoms with Gasteiger partial charge in [-0.05, 0) is 31.0 Å². The highest BCUT2D eigenvalue weighted by atomic mass is 19.1. The molecule has 1 N–H and O–H groups in total. The van der Waals surface area contributed by atoms with Crippen molar-refractivity contribution in [2.75, 3.05) is 7.11 Å². The number of halogens is 1. The molecule has 1 aromatic rings. The Labute approximate surface area is 118 Å². The zero-order valence-electron chi connectivity index (χ0n) is 12.0. The molecule has 0 spiro atoms. The lowest BCUT2D eigenvalue weighted by Crippen LogP contribution is -2.43. The number of benzene rings is 1. The number of hydrogen-bond acceptors (Lipinski definition) is 4. The molecule has 0 heterocycles. The van der Waals surface area contributed by atoms with Crippen molar-refractivity contribution in [1.82, 2.24) is 5.32 Å². The Morgan fingerprint density at radius 1 is 1.55 bits per heavy atom. The fourth-order valence-corrected chi connectivity index (χ4v) is 1.79. The van der Waals surface area contributed by atoms with Crippen molar-refractivity contribution >= 4 is 5.97 Å². The molecular formula is C15H19FN2O2. The summed E-state index contributed by atoms with van der Waals surface area (Å²) in [7, 11) is 1.36. The molecule has 0 aliphatic carbocycles. The van der Waals surface area contributed by atoms with Crippen LogP contribution in [0.25, 0.3) is 0 Å². The number of rotatable bonds is 6. The number of carbonyl (C=O) groups is 1. The molecule has 1 atom stereocenters. The summed E-state index contributed by atoms with van der Waals surface area (Å²) >= 11 is 0. The first-order chi connectivity index (χ1) is 9.44. The number of nitrogens with one attached hydrogen (secondary N) is 1. The molecule has 0 aliphatic heterocycles. The highest BCUT2D eigenvalue weighted by Gasteiger charge is 2.25. The van der Waals surface area contributed by atoms with Crippen LogP contribution in [0.15, 0.2) is 18.2 Å². The number of ether oxygens (including phenoxy) is 1. The largest absolute Gasteiger partial charge is 0.469 e. The van der Waals surface area contributed by atoms with E-state index in [0.29, 0.717) is 6.54 Å². The topological polar surface area (TPSA) is 62.1 Å². The van der Waals surface area contributed by atoms with Crippen molar-refractivity contribution in [1.29, 1.82) is 5.26 Å². The molecule has 0 amide bonds. The van der Waals surface area contributed by atoms with Crippen LogP contribution in [-0.2, 0) is 16.1 Å². The highest BCUT2D eigenvalue weighted by molar-refractivity contribution is 5.70. The van der Waals surface area contributed by atoms with Crippen LogP contribution in [0.1, 0.15) is 37.8 Å². The number of hydrogen-bond donors (Lipinski definition) is 1. The van der Waals surface area contributed by atoms with Gasteiger partial charge in [0.1, 0.15) is 11.9 Å². The van der Waals surface area contributed by atoms with E-state index in [4.69, 9.17) is 5.26 Å². The van der Waals surface area contributed by atoms with Crippen LogP contribution < -0.4 is 5.32 Å². The third-order valence-corrected chi connectivity index (χ3v) is 3.41. The predicted molar refractivity (Wildman–Crippen MR) is 73.3 cm³/mol. The van der Waals surface area contributed by atoms with Crippen molar-refractivity contribution in [3.05, 3.63) is 35.1 Å². The summed E-state index contributed by atoms with van der Waals surface area (Å²) < 4.78 is 17.9. The van der Waals surface area contributed by atoms with Gasteiger partial charge in [-0.15, -0.1) is 0 Å². The van der Waals surface area contributed by atoms with Crippen molar-refractivity contribution in [3.63, 3.8) is 0 Å². The smallest absolute Gasteiger partial charge is 0.307 e. The first kappa shape index (κ1) is 16.1. The quantitative estimate of drug-likeness (QED) is 0.812. The summed E-state index contributed by atoms with van der Waals surface area (Å²) in [6, 6.07) is 6.22. The lowest BCUT2D eigenvalue weighted by molar-refractivity contribution is -0.142. The second-order valence-corrected chi connectivity index (χ2v) is 4.95. The van der Waals surface area contributed by atoms with E-state index in [2.05, 4.69) is 10.1 Å². The van der Waals surface area contributed by atoms with Gasteiger partial charge in [-0.1, -0.05) is 13.0 Å². The van der Waals surface area contributed by atoms with Crippen LogP contribution in [-0.4, -0.2) is 18.6 Å². The molecule has 4 nitrogen and oxygen atoms in total. The summed E-state index contributed by atoms with van der Waals surface area (Å²) in [6.45, 7) is 4.36. The number of esters is 1. The number of nitriles is 1. The molecule has 0 fully saturated rings. The fraction of sp³-hybridized carbons (Fsp3) is 0.467. The average Bonchev–Trinajstić information content (AvgIpc) is 2.46. The molecule has 108 valence electrons. The molecule has 0 saturated carbocycles. The average molecular weight is 278 g/mol. The van der Waals surface area contributed by atoms with Crippen molar-refractivity contribution in [2.24, 2.45) is 0 Å². The van der Waals surface area contributed by atoms with Gasteiger partial charge in [0.25, 0.3) is 0 Å². The normalized spacial score (nSPS) is 13.3. The Bertz CT molecular complexity index is 525. The standard InChI is InChI=1S/C15H19FN2O2/c1-4-15(2,8-14(19)20-3)18-10-11-5-6-13(16)12(7-11)9-17/h5-7,18H,4,8,10H2,1-3H3/t15-/m0/s1. The zero-order chi connectivity index (χ0) is 15.2. The van der Waals surface area contributed by atoms with Crippen LogP contribution in [0.3, 0.4) is 0 Å². The molecule has 0 unspecified atom stereocenters. The van der Waals surface area contributed by atoms with E-state index in [1.54, 1.807) is 6.07 Å². The van der Waals surface area contributed by atoms with Crippen molar-refractivity contribution < 1.29 is 13.9 Å². The maximum absolute atomic E-state index is 13.2. The molecule has 5 heteroatoms.